The molecule has 1 saturated heterocycles. The number of amides is 1. The smallest absolute Gasteiger partial charge is 0.228 e. The number of primary amides is 1. The third kappa shape index (κ3) is 2.22. The Morgan fingerprint density at radius 2 is 2.38 bits per heavy atom. The van der Waals surface area contributed by atoms with Crippen LogP contribution in [-0.2, 0) is 16.6 Å². The highest BCUT2D eigenvalue weighted by atomic mass is 16.5. The van der Waals surface area contributed by atoms with Gasteiger partial charge in [-0.25, -0.2) is 0 Å². The predicted molar refractivity (Wildman–Crippen MR) is 82.4 cm³/mol. The van der Waals surface area contributed by atoms with Gasteiger partial charge in [0.05, 0.1) is 12.0 Å². The zero-order chi connectivity index (χ0) is 14.9. The average molecular weight is 288 g/mol. The number of rotatable bonds is 5. The number of ether oxygens (including phenoxy) is 1. The van der Waals surface area contributed by atoms with Crippen molar-refractivity contribution >= 4 is 5.91 Å². The summed E-state index contributed by atoms with van der Waals surface area (Å²) in [4.78, 5) is 12.6. The lowest BCUT2D eigenvalue weighted by molar-refractivity contribution is -0.125. The van der Waals surface area contributed by atoms with Gasteiger partial charge in [-0.1, -0.05) is 25.5 Å². The average Bonchev–Trinajstić information content (AvgIpc) is 3.14. The van der Waals surface area contributed by atoms with E-state index in [0.29, 0.717) is 6.61 Å². The fourth-order valence-corrected chi connectivity index (χ4v) is 4.13. The summed E-state index contributed by atoms with van der Waals surface area (Å²) in [5, 5.41) is 3.39. The van der Waals surface area contributed by atoms with Crippen molar-refractivity contribution in [3.63, 3.8) is 0 Å². The maximum absolute atomic E-state index is 12.6. The molecule has 1 fully saturated rings. The van der Waals surface area contributed by atoms with E-state index in [1.807, 2.05) is 12.1 Å². The van der Waals surface area contributed by atoms with E-state index in [1.165, 1.54) is 5.56 Å². The molecule has 114 valence electrons. The number of nitrogens with two attached hydrogens (primary N) is 1. The lowest BCUT2D eigenvalue weighted by Gasteiger charge is -2.37. The third-order valence-corrected chi connectivity index (χ3v) is 5.06. The SMILES string of the molecule is CCCC(C(N)=O)(c1cccc2c1CCO2)C1CCNC1. The number of carbonyl (C=O) groups excluding carboxylic acids is 1. The van der Waals surface area contributed by atoms with E-state index < -0.39 is 5.41 Å². The van der Waals surface area contributed by atoms with E-state index in [1.54, 1.807) is 0 Å². The van der Waals surface area contributed by atoms with E-state index in [0.717, 1.165) is 50.1 Å². The summed E-state index contributed by atoms with van der Waals surface area (Å²) in [6, 6.07) is 6.08. The second-order valence-electron chi connectivity index (χ2n) is 6.16. The lowest BCUT2D eigenvalue weighted by atomic mass is 9.65. The van der Waals surface area contributed by atoms with Crippen molar-refractivity contribution in [2.45, 2.75) is 38.0 Å². The lowest BCUT2D eigenvalue weighted by Crippen LogP contribution is -2.48. The Morgan fingerprint density at radius 3 is 3.05 bits per heavy atom. The quantitative estimate of drug-likeness (QED) is 0.867. The molecule has 3 N–H and O–H groups in total. The van der Waals surface area contributed by atoms with Gasteiger partial charge in [0.15, 0.2) is 0 Å². The fraction of sp³-hybridized carbons (Fsp3) is 0.588. The van der Waals surface area contributed by atoms with Crippen LogP contribution in [0.2, 0.25) is 0 Å². The number of benzene rings is 1. The molecule has 0 radical (unpaired) electrons. The van der Waals surface area contributed by atoms with Gasteiger partial charge in [-0.15, -0.1) is 0 Å². The third-order valence-electron chi connectivity index (χ3n) is 5.06. The van der Waals surface area contributed by atoms with E-state index in [9.17, 15) is 4.79 Å². The first-order valence-corrected chi connectivity index (χ1v) is 7.96. The van der Waals surface area contributed by atoms with Gasteiger partial charge in [-0.3, -0.25) is 4.79 Å². The second-order valence-corrected chi connectivity index (χ2v) is 6.16. The number of carbonyl (C=O) groups is 1. The van der Waals surface area contributed by atoms with Crippen LogP contribution in [0.15, 0.2) is 18.2 Å². The van der Waals surface area contributed by atoms with Crippen LogP contribution in [-0.4, -0.2) is 25.6 Å². The van der Waals surface area contributed by atoms with Crippen LogP contribution in [0.4, 0.5) is 0 Å². The largest absolute Gasteiger partial charge is 0.493 e. The first kappa shape index (κ1) is 14.4. The normalized spacial score (nSPS) is 23.4. The Bertz CT molecular complexity index is 538. The monoisotopic (exact) mass is 288 g/mol. The number of hydrogen-bond donors (Lipinski definition) is 2. The summed E-state index contributed by atoms with van der Waals surface area (Å²) in [5.74, 6) is 1.03. The first-order chi connectivity index (χ1) is 10.2. The standard InChI is InChI=1S/C17H24N2O2/c1-2-8-17(16(18)20,12-6-9-19-11-12)14-4-3-5-15-13(14)7-10-21-15/h3-5,12,19H,2,6-11H2,1H3,(H2,18,20). The Kier molecular flexibility index (Phi) is 3.89. The van der Waals surface area contributed by atoms with Crippen molar-refractivity contribution in [2.75, 3.05) is 19.7 Å². The Labute approximate surface area is 126 Å². The van der Waals surface area contributed by atoms with Crippen molar-refractivity contribution in [1.82, 2.24) is 5.32 Å². The molecule has 1 amide bonds. The molecule has 0 saturated carbocycles. The number of nitrogens with one attached hydrogen (secondary N) is 1. The molecule has 1 aromatic carbocycles. The van der Waals surface area contributed by atoms with E-state index >= 15 is 0 Å². The van der Waals surface area contributed by atoms with E-state index in [-0.39, 0.29) is 11.8 Å². The minimum Gasteiger partial charge on any atom is -0.493 e. The first-order valence-electron chi connectivity index (χ1n) is 7.96. The van der Waals surface area contributed by atoms with Gasteiger partial charge in [0, 0.05) is 12.0 Å². The molecule has 21 heavy (non-hydrogen) atoms. The van der Waals surface area contributed by atoms with Gasteiger partial charge < -0.3 is 15.8 Å². The summed E-state index contributed by atoms with van der Waals surface area (Å²) in [5.41, 5.74) is 7.70. The highest BCUT2D eigenvalue weighted by Crippen LogP contribution is 2.44. The van der Waals surface area contributed by atoms with Crippen molar-refractivity contribution in [3.8, 4) is 5.75 Å². The molecule has 2 aliphatic rings. The molecular formula is C17H24N2O2. The highest BCUT2D eigenvalue weighted by Gasteiger charge is 2.47. The van der Waals surface area contributed by atoms with Gasteiger partial charge in [0.1, 0.15) is 5.75 Å². The summed E-state index contributed by atoms with van der Waals surface area (Å²) in [6.45, 7) is 4.67. The molecule has 3 rings (SSSR count). The maximum Gasteiger partial charge on any atom is 0.228 e. The molecule has 2 atom stereocenters. The Hall–Kier alpha value is -1.55. The summed E-state index contributed by atoms with van der Waals surface area (Å²) in [6.07, 6.45) is 3.65. The zero-order valence-electron chi connectivity index (χ0n) is 12.7. The van der Waals surface area contributed by atoms with Crippen LogP contribution >= 0.6 is 0 Å². The van der Waals surface area contributed by atoms with Crippen LogP contribution in [0.3, 0.4) is 0 Å². The molecule has 2 heterocycles. The molecule has 0 spiro atoms. The minimum atomic E-state index is -0.558. The van der Waals surface area contributed by atoms with Crippen molar-refractivity contribution in [2.24, 2.45) is 11.7 Å². The molecule has 2 aliphatic heterocycles. The summed E-state index contributed by atoms with van der Waals surface area (Å²) < 4.78 is 5.69. The molecule has 1 aromatic rings. The van der Waals surface area contributed by atoms with Gasteiger partial charge >= 0.3 is 0 Å². The summed E-state index contributed by atoms with van der Waals surface area (Å²) >= 11 is 0. The molecular weight excluding hydrogens is 264 g/mol. The van der Waals surface area contributed by atoms with Crippen LogP contribution in [0, 0.1) is 5.92 Å². The van der Waals surface area contributed by atoms with Gasteiger partial charge in [0.2, 0.25) is 5.91 Å². The molecule has 4 heteroatoms. The molecule has 4 nitrogen and oxygen atoms in total. The van der Waals surface area contributed by atoms with Crippen LogP contribution < -0.4 is 15.8 Å². The number of hydrogen-bond acceptors (Lipinski definition) is 3. The molecule has 0 bridgehead atoms. The number of fused-ring (bicyclic) bond motifs is 1. The minimum absolute atomic E-state index is 0.182. The Morgan fingerprint density at radius 1 is 1.52 bits per heavy atom. The molecule has 0 aromatic heterocycles. The van der Waals surface area contributed by atoms with Crippen molar-refractivity contribution in [1.29, 1.82) is 0 Å². The van der Waals surface area contributed by atoms with Crippen LogP contribution in [0.25, 0.3) is 0 Å². The molecule has 0 aliphatic carbocycles. The highest BCUT2D eigenvalue weighted by molar-refractivity contribution is 5.88. The van der Waals surface area contributed by atoms with Crippen LogP contribution in [0.5, 0.6) is 5.75 Å². The van der Waals surface area contributed by atoms with Gasteiger partial charge in [0.25, 0.3) is 0 Å². The van der Waals surface area contributed by atoms with Crippen molar-refractivity contribution < 1.29 is 9.53 Å². The van der Waals surface area contributed by atoms with Gasteiger partial charge in [-0.05, 0) is 43.5 Å². The maximum atomic E-state index is 12.6. The van der Waals surface area contributed by atoms with Gasteiger partial charge in [-0.2, -0.15) is 0 Å². The van der Waals surface area contributed by atoms with E-state index in [2.05, 4.69) is 18.3 Å². The van der Waals surface area contributed by atoms with Crippen LogP contribution in [0.1, 0.15) is 37.3 Å². The second kappa shape index (κ2) is 5.68. The Balaban J connectivity index is 2.14. The fourth-order valence-electron chi connectivity index (χ4n) is 4.13. The molecule has 2 unspecified atom stereocenters. The topological polar surface area (TPSA) is 64.4 Å². The van der Waals surface area contributed by atoms with E-state index in [4.69, 9.17) is 10.5 Å². The zero-order valence-corrected chi connectivity index (χ0v) is 12.7. The summed E-state index contributed by atoms with van der Waals surface area (Å²) in [7, 11) is 0. The van der Waals surface area contributed by atoms with Crippen molar-refractivity contribution in [3.05, 3.63) is 29.3 Å². The predicted octanol–water partition coefficient (Wildman–Crippen LogP) is 1.75.